The van der Waals surface area contributed by atoms with Gasteiger partial charge in [-0.1, -0.05) is 55.7 Å². The lowest BCUT2D eigenvalue weighted by atomic mass is 9.97. The van der Waals surface area contributed by atoms with Crippen molar-refractivity contribution >= 4 is 11.4 Å². The van der Waals surface area contributed by atoms with Crippen LogP contribution in [0.5, 0.6) is 0 Å². The minimum atomic E-state index is 0.536. The normalized spacial score (nSPS) is 17.1. The van der Waals surface area contributed by atoms with Crippen molar-refractivity contribution in [3.63, 3.8) is 0 Å². The minimum absolute atomic E-state index is 0.536. The highest BCUT2D eigenvalue weighted by atomic mass is 14.9. The third-order valence-corrected chi connectivity index (χ3v) is 4.62. The summed E-state index contributed by atoms with van der Waals surface area (Å²) in [7, 11) is 0. The SMILES string of the molecule is NC1CCCCC1.c1ccc2c(c1)CCc1ccccc1N2. The van der Waals surface area contributed by atoms with Crippen LogP contribution in [0.3, 0.4) is 0 Å². The fourth-order valence-electron chi connectivity index (χ4n) is 3.27. The second-order valence-electron chi connectivity index (χ2n) is 6.34. The van der Waals surface area contributed by atoms with Crippen molar-refractivity contribution in [1.29, 1.82) is 0 Å². The summed E-state index contributed by atoms with van der Waals surface area (Å²) in [6, 6.07) is 17.6. The quantitative estimate of drug-likeness (QED) is 0.732. The van der Waals surface area contributed by atoms with Crippen LogP contribution >= 0.6 is 0 Å². The van der Waals surface area contributed by atoms with E-state index in [0.29, 0.717) is 6.04 Å². The Labute approximate surface area is 133 Å². The number of aryl methyl sites for hydroxylation is 2. The molecule has 4 rings (SSSR count). The zero-order valence-corrected chi connectivity index (χ0v) is 13.2. The van der Waals surface area contributed by atoms with Crippen LogP contribution in [-0.2, 0) is 12.8 Å². The van der Waals surface area contributed by atoms with Gasteiger partial charge < -0.3 is 11.1 Å². The monoisotopic (exact) mass is 294 g/mol. The first-order valence-corrected chi connectivity index (χ1v) is 8.51. The van der Waals surface area contributed by atoms with Crippen molar-refractivity contribution in [2.75, 3.05) is 5.32 Å². The van der Waals surface area contributed by atoms with E-state index in [1.54, 1.807) is 0 Å². The molecule has 1 aliphatic carbocycles. The number of rotatable bonds is 0. The minimum Gasteiger partial charge on any atom is -0.355 e. The highest BCUT2D eigenvalue weighted by Crippen LogP contribution is 2.29. The van der Waals surface area contributed by atoms with E-state index in [0.717, 1.165) is 12.8 Å². The van der Waals surface area contributed by atoms with Gasteiger partial charge in [-0.25, -0.2) is 0 Å². The van der Waals surface area contributed by atoms with Crippen molar-refractivity contribution < 1.29 is 0 Å². The first kappa shape index (κ1) is 15.1. The predicted octanol–water partition coefficient (Wildman–Crippen LogP) is 4.81. The summed E-state index contributed by atoms with van der Waals surface area (Å²) in [6.07, 6.45) is 8.91. The summed E-state index contributed by atoms with van der Waals surface area (Å²) in [5.74, 6) is 0. The molecule has 1 saturated carbocycles. The fourth-order valence-corrected chi connectivity index (χ4v) is 3.27. The molecular formula is C20H26N2. The molecule has 2 aromatic rings. The Kier molecular flexibility index (Phi) is 5.12. The Balaban J connectivity index is 0.000000174. The van der Waals surface area contributed by atoms with E-state index in [1.165, 1.54) is 54.6 Å². The predicted molar refractivity (Wildman–Crippen MR) is 94.6 cm³/mol. The van der Waals surface area contributed by atoms with Gasteiger partial charge in [-0.2, -0.15) is 0 Å². The average Bonchev–Trinajstić information content (AvgIpc) is 2.75. The van der Waals surface area contributed by atoms with Gasteiger partial charge in [-0.05, 0) is 48.9 Å². The van der Waals surface area contributed by atoms with Crippen molar-refractivity contribution in [1.82, 2.24) is 0 Å². The summed E-state index contributed by atoms with van der Waals surface area (Å²) < 4.78 is 0. The molecule has 2 nitrogen and oxygen atoms in total. The number of hydrogen-bond donors (Lipinski definition) is 2. The van der Waals surface area contributed by atoms with Crippen molar-refractivity contribution in [3.05, 3.63) is 59.7 Å². The standard InChI is InChI=1S/C14H13N.C6H13N/c1-3-7-13-11(5-1)9-10-12-6-2-4-8-14(12)15-13;7-6-4-2-1-3-5-6/h1-8,15H,9-10H2;6H,1-5,7H2. The van der Waals surface area contributed by atoms with E-state index < -0.39 is 0 Å². The van der Waals surface area contributed by atoms with Gasteiger partial charge in [0.2, 0.25) is 0 Å². The lowest BCUT2D eigenvalue weighted by Crippen LogP contribution is -2.22. The highest BCUT2D eigenvalue weighted by Gasteiger charge is 2.10. The molecule has 0 spiro atoms. The zero-order chi connectivity index (χ0) is 15.2. The van der Waals surface area contributed by atoms with Crippen LogP contribution in [-0.4, -0.2) is 6.04 Å². The van der Waals surface area contributed by atoms with Gasteiger partial charge in [-0.15, -0.1) is 0 Å². The Hall–Kier alpha value is -1.80. The van der Waals surface area contributed by atoms with E-state index in [9.17, 15) is 0 Å². The Morgan fingerprint density at radius 3 is 1.68 bits per heavy atom. The van der Waals surface area contributed by atoms with Gasteiger partial charge in [0.15, 0.2) is 0 Å². The molecule has 2 aliphatic rings. The van der Waals surface area contributed by atoms with Crippen molar-refractivity contribution in [2.24, 2.45) is 5.73 Å². The lowest BCUT2D eigenvalue weighted by molar-refractivity contribution is 0.441. The van der Waals surface area contributed by atoms with Crippen LogP contribution in [0.4, 0.5) is 11.4 Å². The Morgan fingerprint density at radius 2 is 1.23 bits per heavy atom. The van der Waals surface area contributed by atoms with Gasteiger partial charge in [0.25, 0.3) is 0 Å². The van der Waals surface area contributed by atoms with E-state index in [1.807, 2.05) is 0 Å². The van der Waals surface area contributed by atoms with Crippen LogP contribution in [0, 0.1) is 0 Å². The molecule has 0 saturated heterocycles. The molecule has 0 atom stereocenters. The summed E-state index contributed by atoms with van der Waals surface area (Å²) in [4.78, 5) is 0. The molecular weight excluding hydrogens is 268 g/mol. The number of benzene rings is 2. The zero-order valence-electron chi connectivity index (χ0n) is 13.2. The largest absolute Gasteiger partial charge is 0.355 e. The molecule has 0 amide bonds. The van der Waals surface area contributed by atoms with Crippen LogP contribution in [0.2, 0.25) is 0 Å². The molecule has 0 aromatic heterocycles. The number of hydrogen-bond acceptors (Lipinski definition) is 2. The summed E-state index contributed by atoms with van der Waals surface area (Å²) >= 11 is 0. The fraction of sp³-hybridized carbons (Fsp3) is 0.400. The lowest BCUT2D eigenvalue weighted by Gasteiger charge is -2.15. The molecule has 3 N–H and O–H groups in total. The smallest absolute Gasteiger partial charge is 0.0416 e. The topological polar surface area (TPSA) is 38.0 Å². The molecule has 116 valence electrons. The van der Waals surface area contributed by atoms with Gasteiger partial charge in [0, 0.05) is 17.4 Å². The van der Waals surface area contributed by atoms with Crippen LogP contribution in [0.25, 0.3) is 0 Å². The van der Waals surface area contributed by atoms with Gasteiger partial charge >= 0.3 is 0 Å². The molecule has 0 radical (unpaired) electrons. The highest BCUT2D eigenvalue weighted by molar-refractivity contribution is 5.67. The Bertz CT molecular complexity index is 555. The maximum Gasteiger partial charge on any atom is 0.0416 e. The third kappa shape index (κ3) is 3.89. The van der Waals surface area contributed by atoms with E-state index in [4.69, 9.17) is 5.73 Å². The average molecular weight is 294 g/mol. The maximum absolute atomic E-state index is 5.63. The second kappa shape index (κ2) is 7.46. The number of nitrogens with one attached hydrogen (secondary N) is 1. The van der Waals surface area contributed by atoms with E-state index in [2.05, 4.69) is 53.8 Å². The Morgan fingerprint density at radius 1 is 0.727 bits per heavy atom. The van der Waals surface area contributed by atoms with Gasteiger partial charge in [-0.3, -0.25) is 0 Å². The number of nitrogens with two attached hydrogens (primary N) is 1. The molecule has 1 aliphatic heterocycles. The maximum atomic E-state index is 5.63. The van der Waals surface area contributed by atoms with Gasteiger partial charge in [0.05, 0.1) is 0 Å². The molecule has 1 heterocycles. The summed E-state index contributed by atoms with van der Waals surface area (Å²) in [5, 5.41) is 3.50. The summed E-state index contributed by atoms with van der Waals surface area (Å²) in [5.41, 5.74) is 11.0. The number of fused-ring (bicyclic) bond motifs is 2. The number of para-hydroxylation sites is 2. The third-order valence-electron chi connectivity index (χ3n) is 4.62. The molecule has 2 aromatic carbocycles. The summed E-state index contributed by atoms with van der Waals surface area (Å²) in [6.45, 7) is 0. The van der Waals surface area contributed by atoms with Crippen LogP contribution < -0.4 is 11.1 Å². The molecule has 1 fully saturated rings. The molecule has 0 bridgehead atoms. The first-order chi connectivity index (χ1) is 10.8. The first-order valence-electron chi connectivity index (χ1n) is 8.51. The molecule has 0 unspecified atom stereocenters. The molecule has 22 heavy (non-hydrogen) atoms. The second-order valence-corrected chi connectivity index (χ2v) is 6.34. The van der Waals surface area contributed by atoms with Crippen molar-refractivity contribution in [2.45, 2.75) is 51.0 Å². The van der Waals surface area contributed by atoms with Gasteiger partial charge in [0.1, 0.15) is 0 Å². The van der Waals surface area contributed by atoms with Crippen LogP contribution in [0.1, 0.15) is 43.2 Å². The molecule has 2 heteroatoms. The van der Waals surface area contributed by atoms with E-state index in [-0.39, 0.29) is 0 Å². The van der Waals surface area contributed by atoms with E-state index >= 15 is 0 Å². The van der Waals surface area contributed by atoms with Crippen molar-refractivity contribution in [3.8, 4) is 0 Å². The number of anilines is 2. The van der Waals surface area contributed by atoms with Crippen LogP contribution in [0.15, 0.2) is 48.5 Å².